The second-order valence-electron chi connectivity index (χ2n) is 1.93. The van der Waals surface area contributed by atoms with Crippen molar-refractivity contribution in [3.8, 4) is 0 Å². The van der Waals surface area contributed by atoms with Crippen LogP contribution in [0.2, 0.25) is 0 Å². The lowest BCUT2D eigenvalue weighted by atomic mass is 10.1. The van der Waals surface area contributed by atoms with Gasteiger partial charge in [0.25, 0.3) is 0 Å². The van der Waals surface area contributed by atoms with E-state index in [0.29, 0.717) is 18.4 Å². The fourth-order valence-electron chi connectivity index (χ4n) is 0.627. The van der Waals surface area contributed by atoms with E-state index in [1.54, 1.807) is 13.8 Å². The molecule has 59 valence electrons. The van der Waals surface area contributed by atoms with E-state index < -0.39 is 6.18 Å². The Morgan fingerprint density at radius 2 is 1.60 bits per heavy atom. The van der Waals surface area contributed by atoms with Crippen molar-refractivity contribution in [1.29, 1.82) is 0 Å². The maximum absolute atomic E-state index is 11.5. The zero-order valence-electron chi connectivity index (χ0n) is 6.05. The molecule has 0 rings (SSSR count). The summed E-state index contributed by atoms with van der Waals surface area (Å²) >= 11 is 0. The number of hydrogen-bond donors (Lipinski definition) is 0. The minimum absolute atomic E-state index is 0.326. The van der Waals surface area contributed by atoms with Gasteiger partial charge in [-0.2, -0.15) is 13.2 Å². The van der Waals surface area contributed by atoms with Gasteiger partial charge in [0, 0.05) is 0 Å². The number of halogens is 3. The molecule has 0 unspecified atom stereocenters. The summed E-state index contributed by atoms with van der Waals surface area (Å²) in [5, 5.41) is 0. The highest BCUT2D eigenvalue weighted by molar-refractivity contribution is 4.97. The van der Waals surface area contributed by atoms with Gasteiger partial charge in [-0.3, -0.25) is 0 Å². The lowest BCUT2D eigenvalue weighted by molar-refractivity contribution is -0.0885. The molecule has 0 saturated carbocycles. The zero-order chi connectivity index (χ0) is 8.20. The fraction of sp³-hybridized carbons (Fsp3) is 0.714. The minimum atomic E-state index is -4.26. The molecule has 0 nitrogen and oxygen atoms in total. The van der Waals surface area contributed by atoms with Crippen molar-refractivity contribution in [2.45, 2.75) is 32.9 Å². The van der Waals surface area contributed by atoms with Gasteiger partial charge in [0.1, 0.15) is 0 Å². The summed E-state index contributed by atoms with van der Waals surface area (Å²) in [5.74, 6) is 0. The molecule has 0 heterocycles. The van der Waals surface area contributed by atoms with Gasteiger partial charge in [0.15, 0.2) is 0 Å². The molecule has 0 atom stereocenters. The summed E-state index contributed by atoms with van der Waals surface area (Å²) in [5.41, 5.74) is 0.326. The molecule has 0 aliphatic carbocycles. The molecule has 0 aromatic rings. The van der Waals surface area contributed by atoms with Gasteiger partial charge in [0.2, 0.25) is 0 Å². The highest BCUT2D eigenvalue weighted by atomic mass is 19.4. The van der Waals surface area contributed by atoms with Crippen LogP contribution in [0.1, 0.15) is 26.7 Å². The van der Waals surface area contributed by atoms with Gasteiger partial charge in [-0.1, -0.05) is 19.4 Å². The first-order chi connectivity index (χ1) is 4.49. The normalized spacial score (nSPS) is 11.3. The second-order valence-corrected chi connectivity index (χ2v) is 1.93. The monoisotopic (exact) mass is 151 g/mol. The molecule has 0 aromatic carbocycles. The first kappa shape index (κ1) is 9.53. The first-order valence-electron chi connectivity index (χ1n) is 3.19. The van der Waals surface area contributed by atoms with Crippen molar-refractivity contribution in [2.24, 2.45) is 0 Å². The van der Waals surface area contributed by atoms with Crippen LogP contribution in [0.25, 0.3) is 0 Å². The molecular formula is C7H10F3. The van der Waals surface area contributed by atoms with E-state index in [0.717, 1.165) is 0 Å². The summed E-state index contributed by atoms with van der Waals surface area (Å²) < 4.78 is 34.6. The van der Waals surface area contributed by atoms with Crippen LogP contribution in [-0.2, 0) is 0 Å². The molecule has 0 bridgehead atoms. The maximum Gasteiger partial charge on any atom is 0.416 e. The smallest absolute Gasteiger partial charge is 0.166 e. The SMILES string of the molecule is CCC(=[C]C(F)(F)F)CC. The largest absolute Gasteiger partial charge is 0.416 e. The van der Waals surface area contributed by atoms with Gasteiger partial charge < -0.3 is 0 Å². The highest BCUT2D eigenvalue weighted by Crippen LogP contribution is 2.19. The summed E-state index contributed by atoms with van der Waals surface area (Å²) in [6.07, 6.45) is -1.94. The summed E-state index contributed by atoms with van der Waals surface area (Å²) in [4.78, 5) is 0. The average molecular weight is 151 g/mol. The van der Waals surface area contributed by atoms with Crippen molar-refractivity contribution in [2.75, 3.05) is 0 Å². The maximum atomic E-state index is 11.5. The Morgan fingerprint density at radius 1 is 1.20 bits per heavy atom. The lowest BCUT2D eigenvalue weighted by Gasteiger charge is -2.01. The van der Waals surface area contributed by atoms with Crippen molar-refractivity contribution >= 4 is 0 Å². The Morgan fingerprint density at radius 3 is 1.70 bits per heavy atom. The number of allylic oxidation sites excluding steroid dienone is 2. The summed E-state index contributed by atoms with van der Waals surface area (Å²) in [7, 11) is 0. The molecule has 1 radical (unpaired) electrons. The van der Waals surface area contributed by atoms with E-state index in [4.69, 9.17) is 0 Å². The van der Waals surface area contributed by atoms with E-state index in [-0.39, 0.29) is 0 Å². The lowest BCUT2D eigenvalue weighted by Crippen LogP contribution is -2.04. The molecule has 0 aliphatic heterocycles. The molecule has 0 saturated heterocycles. The van der Waals surface area contributed by atoms with Gasteiger partial charge in [-0.25, -0.2) is 0 Å². The number of rotatable bonds is 2. The predicted octanol–water partition coefficient (Wildman–Crippen LogP) is 3.10. The van der Waals surface area contributed by atoms with Crippen LogP contribution in [0, 0.1) is 6.08 Å². The topological polar surface area (TPSA) is 0 Å². The van der Waals surface area contributed by atoms with Crippen LogP contribution in [0.5, 0.6) is 0 Å². The standard InChI is InChI=1S/C7H10F3/c1-3-6(4-2)5-7(8,9)10/h3-4H2,1-2H3. The van der Waals surface area contributed by atoms with Gasteiger partial charge in [-0.05, 0) is 12.8 Å². The fourth-order valence-corrected chi connectivity index (χ4v) is 0.627. The molecule has 3 heteroatoms. The Balaban J connectivity index is 4.11. The van der Waals surface area contributed by atoms with E-state index in [1.807, 2.05) is 0 Å². The van der Waals surface area contributed by atoms with Crippen LogP contribution in [0.15, 0.2) is 5.57 Å². The molecular weight excluding hydrogens is 141 g/mol. The third-order valence-corrected chi connectivity index (χ3v) is 1.17. The summed E-state index contributed by atoms with van der Waals surface area (Å²) in [6.45, 7) is 3.38. The van der Waals surface area contributed by atoms with Gasteiger partial charge in [0.05, 0.1) is 6.08 Å². The zero-order valence-corrected chi connectivity index (χ0v) is 6.05. The third kappa shape index (κ3) is 4.41. The van der Waals surface area contributed by atoms with Crippen LogP contribution in [0.4, 0.5) is 13.2 Å². The average Bonchev–Trinajstić information content (AvgIpc) is 1.81. The van der Waals surface area contributed by atoms with Crippen LogP contribution in [-0.4, -0.2) is 6.18 Å². The third-order valence-electron chi connectivity index (χ3n) is 1.17. The van der Waals surface area contributed by atoms with Gasteiger partial charge in [-0.15, -0.1) is 0 Å². The van der Waals surface area contributed by atoms with Gasteiger partial charge >= 0.3 is 6.18 Å². The van der Waals surface area contributed by atoms with E-state index in [2.05, 4.69) is 0 Å². The Labute approximate surface area is 58.7 Å². The van der Waals surface area contributed by atoms with Crippen LogP contribution >= 0.6 is 0 Å². The van der Waals surface area contributed by atoms with E-state index in [9.17, 15) is 13.2 Å². The minimum Gasteiger partial charge on any atom is -0.166 e. The summed E-state index contributed by atoms with van der Waals surface area (Å²) in [6, 6.07) is 0. The number of hydrogen-bond acceptors (Lipinski definition) is 0. The van der Waals surface area contributed by atoms with Crippen LogP contribution in [0.3, 0.4) is 0 Å². The van der Waals surface area contributed by atoms with Crippen molar-refractivity contribution < 1.29 is 13.2 Å². The van der Waals surface area contributed by atoms with E-state index in [1.165, 1.54) is 6.08 Å². The Kier molecular flexibility index (Phi) is 3.47. The molecule has 0 aliphatic rings. The number of alkyl halides is 3. The van der Waals surface area contributed by atoms with Crippen molar-refractivity contribution in [3.63, 3.8) is 0 Å². The Bertz CT molecular complexity index is 115. The quantitative estimate of drug-likeness (QED) is 0.568. The molecule has 0 aromatic heterocycles. The molecule has 0 fully saturated rings. The Hall–Kier alpha value is -0.470. The van der Waals surface area contributed by atoms with Crippen molar-refractivity contribution in [1.82, 2.24) is 0 Å². The van der Waals surface area contributed by atoms with Crippen molar-refractivity contribution in [3.05, 3.63) is 11.6 Å². The predicted molar refractivity (Wildman–Crippen MR) is 33.4 cm³/mol. The molecule has 0 N–H and O–H groups in total. The molecule has 0 amide bonds. The van der Waals surface area contributed by atoms with E-state index >= 15 is 0 Å². The first-order valence-corrected chi connectivity index (χ1v) is 3.19. The van der Waals surface area contributed by atoms with Crippen LogP contribution < -0.4 is 0 Å². The second kappa shape index (κ2) is 3.64. The molecule has 10 heavy (non-hydrogen) atoms. The highest BCUT2D eigenvalue weighted by Gasteiger charge is 2.24. The molecule has 0 spiro atoms.